The summed E-state index contributed by atoms with van der Waals surface area (Å²) in [5.41, 5.74) is 6.90. The molecular formula is C13H10N6S2. The Morgan fingerprint density at radius 3 is 2.90 bits per heavy atom. The Bertz CT molecular complexity index is 958. The number of nitrogens with two attached hydrogens (primary N) is 1. The lowest BCUT2D eigenvalue weighted by atomic mass is 10.2. The van der Waals surface area contributed by atoms with E-state index in [2.05, 4.69) is 37.6 Å². The molecule has 0 aliphatic heterocycles. The van der Waals surface area contributed by atoms with Crippen LogP contribution in [0.4, 0.5) is 5.95 Å². The van der Waals surface area contributed by atoms with Gasteiger partial charge in [-0.05, 0) is 12.3 Å². The van der Waals surface area contributed by atoms with Gasteiger partial charge in [0.25, 0.3) is 5.78 Å². The number of benzene rings is 1. The maximum Gasteiger partial charge on any atom is 0.258 e. The topological polar surface area (TPSA) is 82.0 Å². The van der Waals surface area contributed by atoms with Crippen LogP contribution in [-0.4, -0.2) is 30.8 Å². The van der Waals surface area contributed by atoms with Crippen LogP contribution in [0.15, 0.2) is 34.8 Å². The van der Waals surface area contributed by atoms with Crippen LogP contribution in [0.3, 0.4) is 0 Å². The number of rotatable bonds is 2. The van der Waals surface area contributed by atoms with Crippen LogP contribution in [0.5, 0.6) is 0 Å². The summed E-state index contributed by atoms with van der Waals surface area (Å²) in [6.45, 7) is 0. The molecule has 0 atom stereocenters. The van der Waals surface area contributed by atoms with E-state index < -0.39 is 0 Å². The SMILES string of the molecule is CSc1nc(N)n2nc(-c3csc4ccccc34)nc2n1. The van der Waals surface area contributed by atoms with E-state index in [1.54, 1.807) is 11.3 Å². The molecule has 0 unspecified atom stereocenters. The molecule has 2 N–H and O–H groups in total. The van der Waals surface area contributed by atoms with E-state index in [-0.39, 0.29) is 0 Å². The summed E-state index contributed by atoms with van der Waals surface area (Å²) in [6, 6.07) is 8.18. The number of hydrogen-bond acceptors (Lipinski definition) is 7. The fourth-order valence-electron chi connectivity index (χ4n) is 2.14. The molecule has 4 rings (SSSR count). The van der Waals surface area contributed by atoms with Crippen molar-refractivity contribution in [2.75, 3.05) is 12.0 Å². The third-order valence-electron chi connectivity index (χ3n) is 3.12. The Kier molecular flexibility index (Phi) is 2.79. The number of nitrogen functional groups attached to an aromatic ring is 1. The molecule has 4 aromatic rings. The van der Waals surface area contributed by atoms with Crippen LogP contribution in [0, 0.1) is 0 Å². The van der Waals surface area contributed by atoms with E-state index in [1.807, 2.05) is 18.4 Å². The van der Waals surface area contributed by atoms with Gasteiger partial charge in [0.1, 0.15) is 0 Å². The fraction of sp³-hybridized carbons (Fsp3) is 0.0769. The van der Waals surface area contributed by atoms with Gasteiger partial charge in [-0.15, -0.1) is 16.4 Å². The largest absolute Gasteiger partial charge is 0.368 e. The fourth-order valence-corrected chi connectivity index (χ4v) is 3.44. The first-order valence-corrected chi connectivity index (χ1v) is 8.27. The monoisotopic (exact) mass is 314 g/mol. The molecule has 0 amide bonds. The molecule has 104 valence electrons. The minimum Gasteiger partial charge on any atom is -0.368 e. The lowest BCUT2D eigenvalue weighted by Gasteiger charge is -1.97. The molecule has 0 saturated heterocycles. The van der Waals surface area contributed by atoms with Crippen molar-refractivity contribution in [2.24, 2.45) is 0 Å². The highest BCUT2D eigenvalue weighted by Crippen LogP contribution is 2.32. The molecule has 0 fully saturated rings. The highest BCUT2D eigenvalue weighted by atomic mass is 32.2. The van der Waals surface area contributed by atoms with Crippen molar-refractivity contribution in [3.05, 3.63) is 29.6 Å². The first kappa shape index (κ1) is 12.5. The van der Waals surface area contributed by atoms with Gasteiger partial charge in [-0.25, -0.2) is 0 Å². The van der Waals surface area contributed by atoms with Crippen LogP contribution >= 0.6 is 23.1 Å². The summed E-state index contributed by atoms with van der Waals surface area (Å²) < 4.78 is 2.68. The van der Waals surface area contributed by atoms with E-state index in [0.29, 0.717) is 22.7 Å². The molecule has 6 nitrogen and oxygen atoms in total. The first-order valence-electron chi connectivity index (χ1n) is 6.17. The van der Waals surface area contributed by atoms with Crippen molar-refractivity contribution in [3.8, 4) is 11.4 Å². The molecule has 3 heterocycles. The van der Waals surface area contributed by atoms with Gasteiger partial charge in [-0.2, -0.15) is 19.5 Å². The predicted octanol–water partition coefficient (Wildman–Crippen LogP) is 2.71. The Morgan fingerprint density at radius 2 is 2.05 bits per heavy atom. The molecule has 21 heavy (non-hydrogen) atoms. The van der Waals surface area contributed by atoms with Crippen LogP contribution in [-0.2, 0) is 0 Å². The number of hydrogen-bond donors (Lipinski definition) is 1. The molecule has 0 radical (unpaired) electrons. The van der Waals surface area contributed by atoms with Gasteiger partial charge in [0.05, 0.1) is 0 Å². The Labute approximate surface area is 128 Å². The summed E-state index contributed by atoms with van der Waals surface area (Å²) >= 11 is 3.10. The van der Waals surface area contributed by atoms with Crippen molar-refractivity contribution >= 4 is 44.9 Å². The first-order chi connectivity index (χ1) is 10.3. The highest BCUT2D eigenvalue weighted by Gasteiger charge is 2.14. The summed E-state index contributed by atoms with van der Waals surface area (Å²) in [7, 11) is 0. The van der Waals surface area contributed by atoms with Gasteiger partial charge in [-0.3, -0.25) is 0 Å². The van der Waals surface area contributed by atoms with Crippen molar-refractivity contribution < 1.29 is 0 Å². The molecular weight excluding hydrogens is 304 g/mol. The standard InChI is InChI=1S/C13H10N6S2/c1-20-13-16-11(14)19-12(17-13)15-10(18-19)8-6-21-9-5-3-2-4-7(8)9/h2-6H,1H3,(H2,14,15,16,17,18). The van der Waals surface area contributed by atoms with Gasteiger partial charge < -0.3 is 5.73 Å². The van der Waals surface area contributed by atoms with E-state index >= 15 is 0 Å². The molecule has 0 saturated carbocycles. The van der Waals surface area contributed by atoms with Gasteiger partial charge in [0, 0.05) is 21.0 Å². The molecule has 0 spiro atoms. The zero-order valence-electron chi connectivity index (χ0n) is 11.0. The summed E-state index contributed by atoms with van der Waals surface area (Å²) in [5.74, 6) is 1.38. The van der Waals surface area contributed by atoms with Crippen LogP contribution < -0.4 is 5.73 Å². The number of thioether (sulfide) groups is 1. The smallest absolute Gasteiger partial charge is 0.258 e. The zero-order chi connectivity index (χ0) is 14.4. The van der Waals surface area contributed by atoms with Gasteiger partial charge in [-0.1, -0.05) is 30.0 Å². The lowest BCUT2D eigenvalue weighted by Crippen LogP contribution is -2.04. The average molecular weight is 314 g/mol. The normalized spacial score (nSPS) is 11.5. The number of aromatic nitrogens is 5. The predicted molar refractivity (Wildman–Crippen MR) is 85.6 cm³/mol. The second-order valence-corrected chi connectivity index (χ2v) is 6.05. The van der Waals surface area contributed by atoms with E-state index in [9.17, 15) is 0 Å². The van der Waals surface area contributed by atoms with Gasteiger partial charge >= 0.3 is 0 Å². The van der Waals surface area contributed by atoms with Crippen molar-refractivity contribution in [3.63, 3.8) is 0 Å². The van der Waals surface area contributed by atoms with Gasteiger partial charge in [0.15, 0.2) is 11.0 Å². The zero-order valence-corrected chi connectivity index (χ0v) is 12.6. The molecule has 1 aromatic carbocycles. The summed E-state index contributed by atoms with van der Waals surface area (Å²) in [5, 5.41) is 8.21. The Morgan fingerprint density at radius 1 is 1.19 bits per heavy atom. The number of fused-ring (bicyclic) bond motifs is 2. The molecule has 3 aromatic heterocycles. The van der Waals surface area contributed by atoms with Crippen molar-refractivity contribution in [2.45, 2.75) is 5.16 Å². The van der Waals surface area contributed by atoms with Crippen LogP contribution in [0.2, 0.25) is 0 Å². The number of anilines is 1. The second kappa shape index (κ2) is 4.68. The third-order valence-corrected chi connectivity index (χ3v) is 4.63. The molecule has 0 bridgehead atoms. The Balaban J connectivity index is 1.96. The van der Waals surface area contributed by atoms with Crippen LogP contribution in [0.25, 0.3) is 27.3 Å². The van der Waals surface area contributed by atoms with Gasteiger partial charge in [0.2, 0.25) is 5.95 Å². The average Bonchev–Trinajstić information content (AvgIpc) is 3.10. The molecule has 8 heteroatoms. The Hall–Kier alpha value is -2.19. The third kappa shape index (κ3) is 1.95. The van der Waals surface area contributed by atoms with E-state index in [4.69, 9.17) is 5.73 Å². The van der Waals surface area contributed by atoms with Crippen LogP contribution in [0.1, 0.15) is 0 Å². The quantitative estimate of drug-likeness (QED) is 0.573. The lowest BCUT2D eigenvalue weighted by molar-refractivity contribution is 0.851. The minimum atomic E-state index is 0.294. The van der Waals surface area contributed by atoms with Crippen molar-refractivity contribution in [1.29, 1.82) is 0 Å². The summed E-state index contributed by atoms with van der Waals surface area (Å²) in [4.78, 5) is 13.0. The maximum absolute atomic E-state index is 5.91. The molecule has 0 aliphatic carbocycles. The maximum atomic E-state index is 5.91. The second-order valence-electron chi connectivity index (χ2n) is 4.36. The number of thiophene rings is 1. The summed E-state index contributed by atoms with van der Waals surface area (Å²) in [6.07, 6.45) is 1.90. The number of nitrogens with zero attached hydrogens (tertiary/aromatic N) is 5. The van der Waals surface area contributed by atoms with E-state index in [1.165, 1.54) is 21.0 Å². The van der Waals surface area contributed by atoms with E-state index in [0.717, 1.165) is 10.9 Å². The highest BCUT2D eigenvalue weighted by molar-refractivity contribution is 7.98. The minimum absolute atomic E-state index is 0.294. The van der Waals surface area contributed by atoms with Crippen molar-refractivity contribution in [1.82, 2.24) is 24.6 Å². The molecule has 0 aliphatic rings.